The first-order valence-corrected chi connectivity index (χ1v) is 10.4. The quantitative estimate of drug-likeness (QED) is 0.471. The number of nitrogens with zero attached hydrogens (tertiary/aromatic N) is 4. The van der Waals surface area contributed by atoms with E-state index < -0.39 is 0 Å². The van der Waals surface area contributed by atoms with Crippen LogP contribution >= 0.6 is 0 Å². The summed E-state index contributed by atoms with van der Waals surface area (Å²) in [4.78, 5) is 4.82. The number of rotatable bonds is 6. The number of nitrogens with one attached hydrogen (secondary N) is 2. The van der Waals surface area contributed by atoms with Gasteiger partial charge >= 0.3 is 0 Å². The van der Waals surface area contributed by atoms with Crippen LogP contribution < -0.4 is 20.1 Å². The molecular weight excluding hydrogens is 392 g/mol. The lowest BCUT2D eigenvalue weighted by Crippen LogP contribution is -2.41. The number of aryl methyl sites for hydroxylation is 1. The lowest BCUT2D eigenvalue weighted by atomic mass is 10.0. The number of hydrogen-bond donors (Lipinski definition) is 2. The summed E-state index contributed by atoms with van der Waals surface area (Å²) in [5.74, 6) is 4.20. The van der Waals surface area contributed by atoms with Crippen molar-refractivity contribution in [2.45, 2.75) is 32.5 Å². The molecule has 1 unspecified atom stereocenters. The molecule has 8 nitrogen and oxygen atoms in total. The van der Waals surface area contributed by atoms with Crippen LogP contribution in [-0.2, 0) is 20.1 Å². The Labute approximate surface area is 182 Å². The summed E-state index contributed by atoms with van der Waals surface area (Å²) in [6, 6.07) is 16.2. The molecule has 3 aromatic rings. The summed E-state index contributed by atoms with van der Waals surface area (Å²) in [6.07, 6.45) is 0.864. The van der Waals surface area contributed by atoms with E-state index in [0.717, 1.165) is 46.7 Å². The van der Waals surface area contributed by atoms with Gasteiger partial charge in [-0.3, -0.25) is 0 Å². The summed E-state index contributed by atoms with van der Waals surface area (Å²) < 4.78 is 13.0. The Morgan fingerprint density at radius 3 is 2.74 bits per heavy atom. The number of fused-ring (bicyclic) bond motifs is 1. The van der Waals surface area contributed by atoms with Crippen molar-refractivity contribution in [3.63, 3.8) is 0 Å². The first kappa shape index (κ1) is 20.7. The van der Waals surface area contributed by atoms with Crippen molar-refractivity contribution in [1.29, 1.82) is 0 Å². The Kier molecular flexibility index (Phi) is 6.35. The molecule has 2 aromatic carbocycles. The number of hydrogen-bond acceptors (Lipinski definition) is 5. The van der Waals surface area contributed by atoms with Crippen molar-refractivity contribution in [1.82, 2.24) is 25.4 Å². The number of aromatic nitrogens is 3. The molecule has 2 heterocycles. The largest absolute Gasteiger partial charge is 0.497 e. The third-order valence-electron chi connectivity index (χ3n) is 5.44. The highest BCUT2D eigenvalue weighted by Gasteiger charge is 2.22. The van der Waals surface area contributed by atoms with E-state index in [1.807, 2.05) is 61.0 Å². The van der Waals surface area contributed by atoms with Crippen LogP contribution in [0.4, 0.5) is 0 Å². The molecule has 0 fully saturated rings. The van der Waals surface area contributed by atoms with Crippen LogP contribution in [0.2, 0.25) is 0 Å². The molecule has 0 spiro atoms. The molecule has 1 aromatic heterocycles. The molecule has 4 rings (SSSR count). The zero-order valence-corrected chi connectivity index (χ0v) is 18.1. The molecule has 1 aliphatic heterocycles. The Balaban J connectivity index is 1.52. The molecule has 0 saturated carbocycles. The summed E-state index contributed by atoms with van der Waals surface area (Å²) >= 11 is 0. The summed E-state index contributed by atoms with van der Waals surface area (Å²) in [7, 11) is 3.63. The van der Waals surface area contributed by atoms with E-state index in [1.54, 1.807) is 7.11 Å². The first-order valence-electron chi connectivity index (χ1n) is 10.4. The molecule has 2 N–H and O–H groups in total. The van der Waals surface area contributed by atoms with Crippen molar-refractivity contribution >= 4 is 5.96 Å². The van der Waals surface area contributed by atoms with Gasteiger partial charge in [-0.05, 0) is 30.7 Å². The standard InChI is InChI=1S/C23H28N6O2/c1-16-27-28-22(29(16)2)15-25-23(24-14-17-8-10-18(30-3)11-9-17)26-20-12-13-31-21-7-5-4-6-19(20)21/h4-11,20H,12-15H2,1-3H3,(H2,24,25,26). The summed E-state index contributed by atoms with van der Waals surface area (Å²) in [5.41, 5.74) is 2.24. The average molecular weight is 421 g/mol. The van der Waals surface area contributed by atoms with E-state index in [1.165, 1.54) is 0 Å². The van der Waals surface area contributed by atoms with Crippen LogP contribution in [0.1, 0.15) is 35.2 Å². The molecule has 0 bridgehead atoms. The van der Waals surface area contributed by atoms with E-state index in [4.69, 9.17) is 14.5 Å². The molecule has 8 heteroatoms. The van der Waals surface area contributed by atoms with Crippen molar-refractivity contribution in [3.05, 3.63) is 71.3 Å². The van der Waals surface area contributed by atoms with Gasteiger partial charge in [0.15, 0.2) is 11.8 Å². The van der Waals surface area contributed by atoms with Crippen LogP contribution in [0.15, 0.2) is 53.5 Å². The second-order valence-electron chi connectivity index (χ2n) is 7.46. The van der Waals surface area contributed by atoms with Crippen molar-refractivity contribution in [3.8, 4) is 11.5 Å². The Hall–Kier alpha value is -3.55. The zero-order chi connectivity index (χ0) is 21.6. The maximum Gasteiger partial charge on any atom is 0.192 e. The van der Waals surface area contributed by atoms with Crippen molar-refractivity contribution < 1.29 is 9.47 Å². The van der Waals surface area contributed by atoms with Gasteiger partial charge in [0.25, 0.3) is 0 Å². The predicted molar refractivity (Wildman–Crippen MR) is 119 cm³/mol. The summed E-state index contributed by atoms with van der Waals surface area (Å²) in [5, 5.41) is 15.4. The van der Waals surface area contributed by atoms with Crippen molar-refractivity contribution in [2.24, 2.45) is 12.0 Å². The second-order valence-corrected chi connectivity index (χ2v) is 7.46. The minimum Gasteiger partial charge on any atom is -0.497 e. The molecule has 162 valence electrons. The fraction of sp³-hybridized carbons (Fsp3) is 0.348. The van der Waals surface area contributed by atoms with Gasteiger partial charge in [0.1, 0.15) is 17.3 Å². The van der Waals surface area contributed by atoms with Crippen molar-refractivity contribution in [2.75, 3.05) is 13.7 Å². The predicted octanol–water partition coefficient (Wildman–Crippen LogP) is 2.89. The van der Waals surface area contributed by atoms with E-state index in [-0.39, 0.29) is 6.04 Å². The minimum absolute atomic E-state index is 0.119. The summed E-state index contributed by atoms with van der Waals surface area (Å²) in [6.45, 7) is 3.67. The maximum atomic E-state index is 5.80. The van der Waals surface area contributed by atoms with Gasteiger partial charge in [-0.1, -0.05) is 30.3 Å². The Morgan fingerprint density at radius 2 is 2.00 bits per heavy atom. The second kappa shape index (κ2) is 9.51. The van der Waals surface area contributed by atoms with Gasteiger partial charge in [0, 0.05) is 19.0 Å². The number of para-hydroxylation sites is 1. The smallest absolute Gasteiger partial charge is 0.192 e. The van der Waals surface area contributed by atoms with Gasteiger partial charge in [0.05, 0.1) is 32.8 Å². The number of aliphatic imine (C=N–C) groups is 1. The van der Waals surface area contributed by atoms with E-state index in [2.05, 4.69) is 26.9 Å². The lowest BCUT2D eigenvalue weighted by molar-refractivity contribution is 0.261. The SMILES string of the molecule is COc1ccc(CN=C(NCc2nnc(C)n2C)NC2CCOc3ccccc32)cc1. The third kappa shape index (κ3) is 4.96. The van der Waals surface area contributed by atoms with Crippen LogP contribution in [-0.4, -0.2) is 34.4 Å². The van der Waals surface area contributed by atoms with Gasteiger partial charge < -0.3 is 24.7 Å². The topological polar surface area (TPSA) is 85.6 Å². The molecule has 0 radical (unpaired) electrons. The monoisotopic (exact) mass is 420 g/mol. The Bertz CT molecular complexity index is 1040. The number of ether oxygens (including phenoxy) is 2. The van der Waals surface area contributed by atoms with E-state index in [0.29, 0.717) is 19.7 Å². The number of methoxy groups -OCH3 is 1. The van der Waals surface area contributed by atoms with Gasteiger partial charge in [-0.2, -0.15) is 0 Å². The highest BCUT2D eigenvalue weighted by atomic mass is 16.5. The van der Waals surface area contributed by atoms with Crippen LogP contribution in [0.3, 0.4) is 0 Å². The number of guanidine groups is 1. The van der Waals surface area contributed by atoms with E-state index in [9.17, 15) is 0 Å². The highest BCUT2D eigenvalue weighted by molar-refractivity contribution is 5.80. The fourth-order valence-electron chi connectivity index (χ4n) is 3.48. The minimum atomic E-state index is 0.119. The van der Waals surface area contributed by atoms with Gasteiger partial charge in [0.2, 0.25) is 0 Å². The highest BCUT2D eigenvalue weighted by Crippen LogP contribution is 2.31. The molecule has 0 saturated heterocycles. The van der Waals surface area contributed by atoms with Crippen LogP contribution in [0.25, 0.3) is 0 Å². The Morgan fingerprint density at radius 1 is 1.19 bits per heavy atom. The van der Waals surface area contributed by atoms with Crippen LogP contribution in [0, 0.1) is 6.92 Å². The zero-order valence-electron chi connectivity index (χ0n) is 18.1. The maximum absolute atomic E-state index is 5.80. The van der Waals surface area contributed by atoms with Crippen LogP contribution in [0.5, 0.6) is 11.5 Å². The fourth-order valence-corrected chi connectivity index (χ4v) is 3.48. The van der Waals surface area contributed by atoms with E-state index >= 15 is 0 Å². The average Bonchev–Trinajstić information content (AvgIpc) is 3.13. The lowest BCUT2D eigenvalue weighted by Gasteiger charge is -2.28. The molecule has 0 aliphatic carbocycles. The van der Waals surface area contributed by atoms with Gasteiger partial charge in [-0.15, -0.1) is 10.2 Å². The van der Waals surface area contributed by atoms with Gasteiger partial charge in [-0.25, -0.2) is 4.99 Å². The molecular formula is C23H28N6O2. The third-order valence-corrected chi connectivity index (χ3v) is 5.44. The molecule has 0 amide bonds. The molecule has 31 heavy (non-hydrogen) atoms. The number of benzene rings is 2. The first-order chi connectivity index (χ1) is 15.1. The normalized spacial score (nSPS) is 15.7. The molecule has 1 atom stereocenters. The molecule has 1 aliphatic rings.